The number of ketones is 1. The zero-order valence-corrected chi connectivity index (χ0v) is 16.7. The summed E-state index contributed by atoms with van der Waals surface area (Å²) in [6.07, 6.45) is 0. The summed E-state index contributed by atoms with van der Waals surface area (Å²) < 4.78 is 31.9. The van der Waals surface area contributed by atoms with Gasteiger partial charge in [-0.15, -0.1) is 0 Å². The molecule has 9 heteroatoms. The minimum Gasteiger partial charge on any atom is -0.508 e. The lowest BCUT2D eigenvalue weighted by Gasteiger charge is -2.20. The number of aliphatic hydroxyl groups is 1. The Hall–Kier alpha value is -2.52. The summed E-state index contributed by atoms with van der Waals surface area (Å²) in [5.74, 6) is -1.84. The summed E-state index contributed by atoms with van der Waals surface area (Å²) in [7, 11) is -3.73. The highest BCUT2D eigenvalue weighted by Crippen LogP contribution is 2.15. The van der Waals surface area contributed by atoms with Crippen LogP contribution in [-0.4, -0.2) is 43.1 Å². The molecule has 8 nitrogen and oxygen atoms in total. The SMILES string of the molecule is CC(=N)/C(C(C)=O)=C(/O)COC(=O)c1ccc(S(=O)(=O)NC(C)(C)C)cc1. The Morgan fingerprint density at radius 3 is 2.07 bits per heavy atom. The van der Waals surface area contributed by atoms with Gasteiger partial charge >= 0.3 is 5.97 Å². The molecule has 3 N–H and O–H groups in total. The van der Waals surface area contributed by atoms with Gasteiger partial charge in [0.1, 0.15) is 12.4 Å². The van der Waals surface area contributed by atoms with E-state index in [1.54, 1.807) is 20.8 Å². The average molecular weight is 396 g/mol. The Balaban J connectivity index is 2.91. The smallest absolute Gasteiger partial charge is 0.338 e. The molecule has 0 aliphatic heterocycles. The van der Waals surface area contributed by atoms with E-state index in [1.165, 1.54) is 38.1 Å². The van der Waals surface area contributed by atoms with Crippen molar-refractivity contribution >= 4 is 27.5 Å². The predicted octanol–water partition coefficient (Wildman–Crippen LogP) is 2.36. The Morgan fingerprint density at radius 2 is 1.67 bits per heavy atom. The van der Waals surface area contributed by atoms with Crippen LogP contribution in [0.15, 0.2) is 40.5 Å². The molecule has 0 aliphatic rings. The summed E-state index contributed by atoms with van der Waals surface area (Å²) >= 11 is 0. The molecule has 148 valence electrons. The van der Waals surface area contributed by atoms with Crippen molar-refractivity contribution in [2.24, 2.45) is 0 Å². The van der Waals surface area contributed by atoms with E-state index in [9.17, 15) is 23.1 Å². The zero-order valence-electron chi connectivity index (χ0n) is 15.9. The molecule has 1 aromatic carbocycles. The van der Waals surface area contributed by atoms with Crippen LogP contribution in [0.1, 0.15) is 45.0 Å². The highest BCUT2D eigenvalue weighted by molar-refractivity contribution is 7.89. The molecule has 0 aromatic heterocycles. The number of benzene rings is 1. The van der Waals surface area contributed by atoms with Gasteiger partial charge in [0, 0.05) is 11.3 Å². The number of hydrogen-bond donors (Lipinski definition) is 3. The second-order valence-electron chi connectivity index (χ2n) is 6.96. The number of nitrogens with one attached hydrogen (secondary N) is 2. The van der Waals surface area contributed by atoms with Crippen molar-refractivity contribution in [1.29, 1.82) is 5.41 Å². The summed E-state index contributed by atoms with van der Waals surface area (Å²) in [6.45, 7) is 7.08. The van der Waals surface area contributed by atoms with Crippen molar-refractivity contribution in [3.05, 3.63) is 41.2 Å². The molecule has 1 aromatic rings. The first kappa shape index (κ1) is 22.5. The maximum Gasteiger partial charge on any atom is 0.338 e. The largest absolute Gasteiger partial charge is 0.508 e. The predicted molar refractivity (Wildman–Crippen MR) is 101 cm³/mol. The molecule has 0 saturated carbocycles. The molecule has 0 atom stereocenters. The normalized spacial score (nSPS) is 12.9. The van der Waals surface area contributed by atoms with E-state index in [0.717, 1.165) is 0 Å². The van der Waals surface area contributed by atoms with Crippen molar-refractivity contribution < 1.29 is 27.9 Å². The molecule has 0 aliphatic carbocycles. The number of carbonyl (C=O) groups excluding carboxylic acids is 2. The quantitative estimate of drug-likeness (QED) is 0.280. The summed E-state index contributed by atoms with van der Waals surface area (Å²) in [6, 6.07) is 5.11. The Morgan fingerprint density at radius 1 is 1.15 bits per heavy atom. The van der Waals surface area contributed by atoms with E-state index >= 15 is 0 Å². The van der Waals surface area contributed by atoms with E-state index in [4.69, 9.17) is 10.1 Å². The van der Waals surface area contributed by atoms with E-state index in [0.29, 0.717) is 0 Å². The van der Waals surface area contributed by atoms with Crippen LogP contribution in [-0.2, 0) is 19.6 Å². The third-order valence-corrected chi connectivity index (χ3v) is 4.97. The van der Waals surface area contributed by atoms with Gasteiger partial charge in [0.15, 0.2) is 5.78 Å². The number of rotatable bonds is 7. The summed E-state index contributed by atoms with van der Waals surface area (Å²) in [5.41, 5.74) is -0.926. The van der Waals surface area contributed by atoms with Crippen molar-refractivity contribution in [2.75, 3.05) is 6.61 Å². The fraction of sp³-hybridized carbons (Fsp3) is 0.389. The molecule has 1 rings (SSSR count). The monoisotopic (exact) mass is 396 g/mol. The number of ether oxygens (including phenoxy) is 1. The van der Waals surface area contributed by atoms with Crippen molar-refractivity contribution in [3.8, 4) is 0 Å². The van der Waals surface area contributed by atoms with E-state index in [-0.39, 0.29) is 21.7 Å². The van der Waals surface area contributed by atoms with Crippen LogP contribution < -0.4 is 4.72 Å². The van der Waals surface area contributed by atoms with Crippen molar-refractivity contribution in [2.45, 2.75) is 45.1 Å². The highest BCUT2D eigenvalue weighted by atomic mass is 32.2. The maximum atomic E-state index is 12.2. The molecule has 0 heterocycles. The van der Waals surface area contributed by atoms with Crippen LogP contribution in [0.2, 0.25) is 0 Å². The van der Waals surface area contributed by atoms with Crippen LogP contribution in [0.25, 0.3) is 0 Å². The molecule has 27 heavy (non-hydrogen) atoms. The number of aliphatic hydroxyl groups excluding tert-OH is 1. The first-order valence-corrected chi connectivity index (χ1v) is 9.52. The number of allylic oxidation sites excluding steroid dienone is 1. The fourth-order valence-electron chi connectivity index (χ4n) is 2.21. The average Bonchev–Trinajstić information content (AvgIpc) is 2.49. The highest BCUT2D eigenvalue weighted by Gasteiger charge is 2.22. The molecule has 0 saturated heterocycles. The first-order chi connectivity index (χ1) is 12.2. The van der Waals surface area contributed by atoms with Crippen LogP contribution >= 0.6 is 0 Å². The van der Waals surface area contributed by atoms with Gasteiger partial charge in [-0.3, -0.25) is 4.79 Å². The zero-order chi connectivity index (χ0) is 21.0. The molecular weight excluding hydrogens is 372 g/mol. The van der Waals surface area contributed by atoms with Gasteiger partial charge in [-0.25, -0.2) is 17.9 Å². The topological polar surface area (TPSA) is 134 Å². The van der Waals surface area contributed by atoms with Crippen molar-refractivity contribution in [1.82, 2.24) is 4.72 Å². The number of hydrogen-bond acceptors (Lipinski definition) is 7. The first-order valence-electron chi connectivity index (χ1n) is 8.04. The van der Waals surface area contributed by atoms with Crippen LogP contribution in [0.5, 0.6) is 0 Å². The summed E-state index contributed by atoms with van der Waals surface area (Å²) in [5, 5.41) is 17.3. The molecule has 0 amide bonds. The lowest BCUT2D eigenvalue weighted by molar-refractivity contribution is -0.113. The maximum absolute atomic E-state index is 12.2. The van der Waals surface area contributed by atoms with Gasteiger partial charge in [-0.05, 0) is 58.9 Å². The fourth-order valence-corrected chi connectivity index (χ4v) is 3.62. The Kier molecular flexibility index (Phi) is 7.05. The molecule has 0 spiro atoms. The second-order valence-corrected chi connectivity index (χ2v) is 8.64. The third-order valence-electron chi connectivity index (χ3n) is 3.20. The molecule has 0 bridgehead atoms. The van der Waals surface area contributed by atoms with Gasteiger partial charge in [-0.2, -0.15) is 0 Å². The van der Waals surface area contributed by atoms with Gasteiger partial charge in [0.05, 0.1) is 16.0 Å². The number of sulfonamides is 1. The minimum absolute atomic E-state index is 0.00462. The van der Waals surface area contributed by atoms with Crippen molar-refractivity contribution in [3.63, 3.8) is 0 Å². The van der Waals surface area contributed by atoms with E-state index in [2.05, 4.69) is 4.72 Å². The van der Waals surface area contributed by atoms with Gasteiger partial charge in [0.2, 0.25) is 10.0 Å². The number of carbonyl (C=O) groups is 2. The Labute approximate surface area is 158 Å². The standard InChI is InChI=1S/C18H24N2O6S/c1-11(19)16(12(2)21)15(22)10-26-17(23)13-6-8-14(9-7-13)27(24,25)20-18(3,4)5/h6-9,19-20,22H,10H2,1-5H3/b16-15-,19-11?. The lowest BCUT2D eigenvalue weighted by Crippen LogP contribution is -2.40. The van der Waals surface area contributed by atoms with E-state index in [1.807, 2.05) is 0 Å². The van der Waals surface area contributed by atoms with Gasteiger partial charge < -0.3 is 15.3 Å². The molecule has 0 fully saturated rings. The minimum atomic E-state index is -3.73. The van der Waals surface area contributed by atoms with E-state index < -0.39 is 39.7 Å². The third kappa shape index (κ3) is 6.61. The number of esters is 1. The second kappa shape index (κ2) is 8.45. The molecule has 0 radical (unpaired) electrons. The van der Waals surface area contributed by atoms with Gasteiger partial charge in [0.25, 0.3) is 0 Å². The lowest BCUT2D eigenvalue weighted by atomic mass is 10.1. The number of Topliss-reactive ketones (excluding diaryl/α,β-unsaturated/α-hetero) is 1. The van der Waals surface area contributed by atoms with Crippen LogP contribution in [0.4, 0.5) is 0 Å². The van der Waals surface area contributed by atoms with Crippen LogP contribution in [0, 0.1) is 5.41 Å². The summed E-state index contributed by atoms with van der Waals surface area (Å²) in [4.78, 5) is 23.4. The molecule has 0 unspecified atom stereocenters. The molecular formula is C18H24N2O6S. The van der Waals surface area contributed by atoms with Gasteiger partial charge in [-0.1, -0.05) is 0 Å². The van der Waals surface area contributed by atoms with Crippen LogP contribution in [0.3, 0.4) is 0 Å². The Bertz CT molecular complexity index is 861.